The number of carbonyl (C=O) groups excluding carboxylic acids is 1. The summed E-state index contributed by atoms with van der Waals surface area (Å²) < 4.78 is 0. The van der Waals surface area contributed by atoms with Gasteiger partial charge in [-0.15, -0.1) is 11.8 Å². The number of benzene rings is 2. The Labute approximate surface area is 264 Å². The Kier molecular flexibility index (Phi) is 10.4. The zero-order valence-corrected chi connectivity index (χ0v) is 26.5. The van der Waals surface area contributed by atoms with Gasteiger partial charge in [0.25, 0.3) is 0 Å². The summed E-state index contributed by atoms with van der Waals surface area (Å²) in [5.74, 6) is 0.398. The van der Waals surface area contributed by atoms with Gasteiger partial charge in [0.15, 0.2) is 5.82 Å². The maximum Gasteiger partial charge on any atom is 0.247 e. The van der Waals surface area contributed by atoms with E-state index in [2.05, 4.69) is 80.2 Å². The van der Waals surface area contributed by atoms with E-state index >= 15 is 0 Å². The van der Waals surface area contributed by atoms with Gasteiger partial charge < -0.3 is 25.8 Å². The van der Waals surface area contributed by atoms with E-state index in [0.717, 1.165) is 68.4 Å². The largest absolute Gasteiger partial charge is 0.371 e. The number of hydrogen-bond acceptors (Lipinski definition) is 10. The van der Waals surface area contributed by atoms with Crippen LogP contribution in [-0.4, -0.2) is 83.3 Å². The van der Waals surface area contributed by atoms with E-state index in [0.29, 0.717) is 40.0 Å². The molecule has 0 unspecified atom stereocenters. The van der Waals surface area contributed by atoms with E-state index in [9.17, 15) is 10.1 Å². The first kappa shape index (κ1) is 31.3. The van der Waals surface area contributed by atoms with Crippen molar-refractivity contribution in [2.45, 2.75) is 42.9 Å². The molecule has 2 fully saturated rings. The van der Waals surface area contributed by atoms with Crippen LogP contribution in [0.15, 0.2) is 66.2 Å². The molecule has 1 aromatic heterocycles. The highest BCUT2D eigenvalue weighted by atomic mass is 32.2. The van der Waals surface area contributed by atoms with Crippen LogP contribution < -0.4 is 20.9 Å². The molecule has 2 aliphatic rings. The van der Waals surface area contributed by atoms with Gasteiger partial charge in [-0.2, -0.15) is 10.2 Å². The van der Waals surface area contributed by atoms with Crippen LogP contribution in [-0.2, 0) is 4.79 Å². The standard InChI is InChI=1S/C33H41N9OS/c1-5-31(43)36-29-20-26(41-14-12-25(13-15-41)42-18-16-40(4)17-19-42)10-11-27(29)38-33-35-22-24(21-34)32(39-33)37-28-8-6-7-9-30(28)44-23(2)3/h5-11,20,22-23,25H,1,12-19H2,2-4H3,(H,36,43)(H2,35,37,38,39). The fourth-order valence-electron chi connectivity index (χ4n) is 5.60. The van der Waals surface area contributed by atoms with Crippen molar-refractivity contribution in [1.29, 1.82) is 5.26 Å². The van der Waals surface area contributed by atoms with Gasteiger partial charge in [0, 0.05) is 61.1 Å². The number of anilines is 6. The molecule has 0 atom stereocenters. The number of thioether (sulfide) groups is 1. The quantitative estimate of drug-likeness (QED) is 0.196. The minimum Gasteiger partial charge on any atom is -0.371 e. The number of nitrogens with zero attached hydrogens (tertiary/aromatic N) is 6. The summed E-state index contributed by atoms with van der Waals surface area (Å²) >= 11 is 1.73. The van der Waals surface area contributed by atoms with Crippen molar-refractivity contribution in [3.8, 4) is 6.07 Å². The molecule has 0 saturated carbocycles. The van der Waals surface area contributed by atoms with Crippen molar-refractivity contribution in [3.63, 3.8) is 0 Å². The first-order valence-electron chi connectivity index (χ1n) is 15.1. The van der Waals surface area contributed by atoms with Crippen molar-refractivity contribution in [2.24, 2.45) is 0 Å². The molecule has 1 amide bonds. The monoisotopic (exact) mass is 611 g/mol. The maximum absolute atomic E-state index is 12.4. The third kappa shape index (κ3) is 7.88. The van der Waals surface area contributed by atoms with E-state index in [1.54, 1.807) is 11.8 Å². The second-order valence-corrected chi connectivity index (χ2v) is 13.1. The SMILES string of the molecule is C=CC(=O)Nc1cc(N2CCC(N3CCN(C)CC3)CC2)ccc1Nc1ncc(C#N)c(Nc2ccccc2SC(C)C)n1. The summed E-state index contributed by atoms with van der Waals surface area (Å²) in [6.07, 6.45) is 4.99. The Morgan fingerprint density at radius 1 is 1.05 bits per heavy atom. The molecule has 3 aromatic rings. The molecule has 0 aliphatic carbocycles. The third-order valence-corrected chi connectivity index (χ3v) is 9.07. The van der Waals surface area contributed by atoms with E-state index in [1.807, 2.05) is 36.4 Å². The molecular formula is C33H41N9OS. The number of rotatable bonds is 10. The maximum atomic E-state index is 12.4. The second kappa shape index (κ2) is 14.6. The molecule has 2 saturated heterocycles. The lowest BCUT2D eigenvalue weighted by atomic mass is 10.0. The van der Waals surface area contributed by atoms with Crippen LogP contribution in [0.1, 0.15) is 32.3 Å². The Balaban J connectivity index is 1.34. The zero-order chi connectivity index (χ0) is 31.1. The summed E-state index contributed by atoms with van der Waals surface area (Å²) in [6.45, 7) is 14.4. The molecule has 3 N–H and O–H groups in total. The predicted octanol–water partition coefficient (Wildman–Crippen LogP) is 5.68. The molecule has 0 bridgehead atoms. The van der Waals surface area contributed by atoms with Gasteiger partial charge in [0.05, 0.1) is 23.3 Å². The van der Waals surface area contributed by atoms with Crippen molar-refractivity contribution >= 4 is 52.2 Å². The lowest BCUT2D eigenvalue weighted by molar-refractivity contribution is -0.111. The van der Waals surface area contributed by atoms with Crippen molar-refractivity contribution in [2.75, 3.05) is 67.2 Å². The number of para-hydroxylation sites is 1. The second-order valence-electron chi connectivity index (χ2n) is 11.5. The average molecular weight is 612 g/mol. The first-order valence-corrected chi connectivity index (χ1v) is 16.0. The van der Waals surface area contributed by atoms with E-state index < -0.39 is 0 Å². The number of nitrogens with one attached hydrogen (secondary N) is 3. The summed E-state index contributed by atoms with van der Waals surface area (Å²) in [5.41, 5.74) is 3.49. The molecule has 230 valence electrons. The molecule has 2 aromatic carbocycles. The average Bonchev–Trinajstić information content (AvgIpc) is 3.03. The molecule has 0 radical (unpaired) electrons. The van der Waals surface area contributed by atoms with Crippen LogP contribution in [0.25, 0.3) is 0 Å². The van der Waals surface area contributed by atoms with Crippen LogP contribution in [0, 0.1) is 11.3 Å². The zero-order valence-electron chi connectivity index (χ0n) is 25.7. The van der Waals surface area contributed by atoms with Crippen LogP contribution >= 0.6 is 11.8 Å². The number of piperazine rings is 1. The number of amides is 1. The van der Waals surface area contributed by atoms with Gasteiger partial charge >= 0.3 is 0 Å². The van der Waals surface area contributed by atoms with Gasteiger partial charge in [-0.1, -0.05) is 32.6 Å². The molecule has 44 heavy (non-hydrogen) atoms. The third-order valence-electron chi connectivity index (χ3n) is 7.99. The Bertz CT molecular complexity index is 1510. The molecule has 0 spiro atoms. The number of hydrogen-bond donors (Lipinski definition) is 3. The molecular weight excluding hydrogens is 570 g/mol. The molecule has 5 rings (SSSR count). The number of nitriles is 1. The number of piperidine rings is 1. The summed E-state index contributed by atoms with van der Waals surface area (Å²) in [6, 6.07) is 16.7. The van der Waals surface area contributed by atoms with E-state index in [1.165, 1.54) is 12.3 Å². The summed E-state index contributed by atoms with van der Waals surface area (Å²) in [7, 11) is 2.19. The summed E-state index contributed by atoms with van der Waals surface area (Å²) in [5, 5.41) is 19.7. The highest BCUT2D eigenvalue weighted by molar-refractivity contribution is 8.00. The molecule has 2 aliphatic heterocycles. The number of aromatic nitrogens is 2. The molecule has 10 nitrogen and oxygen atoms in total. The minimum atomic E-state index is -0.304. The Hall–Kier alpha value is -4.11. The van der Waals surface area contributed by atoms with Gasteiger partial charge in [0.2, 0.25) is 11.9 Å². The fraction of sp³-hybridized carbons (Fsp3) is 0.394. The number of likely N-dealkylation sites (N-methyl/N-ethyl adjacent to an activating group) is 1. The van der Waals surface area contributed by atoms with E-state index in [-0.39, 0.29) is 5.91 Å². The van der Waals surface area contributed by atoms with Crippen LogP contribution in [0.2, 0.25) is 0 Å². The van der Waals surface area contributed by atoms with Crippen molar-refractivity contribution in [1.82, 2.24) is 19.8 Å². The van der Waals surface area contributed by atoms with E-state index in [4.69, 9.17) is 0 Å². The van der Waals surface area contributed by atoms with Gasteiger partial charge in [-0.25, -0.2) is 4.98 Å². The van der Waals surface area contributed by atoms with Gasteiger partial charge in [0.1, 0.15) is 11.6 Å². The minimum absolute atomic E-state index is 0.301. The fourth-order valence-corrected chi connectivity index (χ4v) is 6.51. The van der Waals surface area contributed by atoms with Crippen LogP contribution in [0.5, 0.6) is 0 Å². The van der Waals surface area contributed by atoms with Crippen molar-refractivity contribution < 1.29 is 4.79 Å². The lowest BCUT2D eigenvalue weighted by Crippen LogP contribution is -2.52. The summed E-state index contributed by atoms with van der Waals surface area (Å²) in [4.78, 5) is 29.9. The lowest BCUT2D eigenvalue weighted by Gasteiger charge is -2.42. The Morgan fingerprint density at radius 3 is 2.50 bits per heavy atom. The van der Waals surface area contributed by atoms with Crippen LogP contribution in [0.4, 0.5) is 34.5 Å². The molecule has 11 heteroatoms. The highest BCUT2D eigenvalue weighted by Crippen LogP contribution is 2.34. The molecule has 3 heterocycles. The highest BCUT2D eigenvalue weighted by Gasteiger charge is 2.27. The predicted molar refractivity (Wildman–Crippen MR) is 180 cm³/mol. The van der Waals surface area contributed by atoms with Crippen molar-refractivity contribution in [3.05, 3.63) is 66.9 Å². The number of carbonyl (C=O) groups is 1. The van der Waals surface area contributed by atoms with Gasteiger partial charge in [-0.05, 0) is 56.3 Å². The van der Waals surface area contributed by atoms with Gasteiger partial charge in [-0.3, -0.25) is 9.69 Å². The first-order chi connectivity index (χ1) is 21.3. The topological polar surface area (TPSA) is 112 Å². The Morgan fingerprint density at radius 2 is 1.80 bits per heavy atom. The van der Waals surface area contributed by atoms with Crippen LogP contribution in [0.3, 0.4) is 0 Å². The normalized spacial score (nSPS) is 16.4. The smallest absolute Gasteiger partial charge is 0.247 e.